The number of nitrogens with zero attached hydrogens (tertiary/aromatic N) is 2. The second-order valence-corrected chi connectivity index (χ2v) is 6.69. The molecular formula is C21H28FIN4. The molecule has 1 saturated heterocycles. The molecule has 27 heavy (non-hydrogen) atoms. The predicted molar refractivity (Wildman–Crippen MR) is 122 cm³/mol. The average Bonchev–Trinajstić information content (AvgIpc) is 3.16. The number of hydrogen-bond acceptors (Lipinski definition) is 2. The molecule has 0 spiro atoms. The minimum atomic E-state index is -0.194. The Bertz CT molecular complexity index is 706. The SMILES string of the molecule is CN=C(NCCc1ccc(F)cc1)NCC1CCN(c2ccccc2)C1.I. The zero-order chi connectivity index (χ0) is 18.2. The Kier molecular flexibility index (Phi) is 8.84. The van der Waals surface area contributed by atoms with E-state index in [2.05, 4.69) is 50.9 Å². The second-order valence-electron chi connectivity index (χ2n) is 6.69. The van der Waals surface area contributed by atoms with Gasteiger partial charge in [0, 0.05) is 38.9 Å². The number of hydrogen-bond donors (Lipinski definition) is 2. The first-order valence-corrected chi connectivity index (χ1v) is 9.23. The summed E-state index contributed by atoms with van der Waals surface area (Å²) < 4.78 is 12.9. The minimum absolute atomic E-state index is 0. The maximum atomic E-state index is 12.9. The predicted octanol–water partition coefficient (Wildman–Crippen LogP) is 3.68. The molecule has 0 amide bonds. The van der Waals surface area contributed by atoms with E-state index in [1.54, 1.807) is 7.05 Å². The number of guanidine groups is 1. The van der Waals surface area contributed by atoms with Crippen molar-refractivity contribution in [1.82, 2.24) is 10.6 Å². The van der Waals surface area contributed by atoms with Crippen molar-refractivity contribution in [3.05, 3.63) is 66.0 Å². The minimum Gasteiger partial charge on any atom is -0.371 e. The second kappa shape index (κ2) is 11.1. The lowest BCUT2D eigenvalue weighted by Crippen LogP contribution is -2.41. The number of halogens is 2. The van der Waals surface area contributed by atoms with Crippen molar-refractivity contribution in [3.8, 4) is 0 Å². The van der Waals surface area contributed by atoms with Crippen molar-refractivity contribution >= 4 is 35.6 Å². The smallest absolute Gasteiger partial charge is 0.190 e. The molecule has 0 aromatic heterocycles. The average molecular weight is 482 g/mol. The van der Waals surface area contributed by atoms with Crippen LogP contribution in [0, 0.1) is 11.7 Å². The molecule has 0 saturated carbocycles. The van der Waals surface area contributed by atoms with Gasteiger partial charge in [-0.1, -0.05) is 30.3 Å². The van der Waals surface area contributed by atoms with Crippen molar-refractivity contribution < 1.29 is 4.39 Å². The topological polar surface area (TPSA) is 39.7 Å². The quantitative estimate of drug-likeness (QED) is 0.375. The highest BCUT2D eigenvalue weighted by Crippen LogP contribution is 2.22. The first-order chi connectivity index (χ1) is 12.7. The third-order valence-corrected chi connectivity index (χ3v) is 4.81. The van der Waals surface area contributed by atoms with E-state index in [9.17, 15) is 4.39 Å². The summed E-state index contributed by atoms with van der Waals surface area (Å²) in [5.41, 5.74) is 2.42. The van der Waals surface area contributed by atoms with Crippen LogP contribution in [0.4, 0.5) is 10.1 Å². The van der Waals surface area contributed by atoms with Crippen LogP contribution in [0.2, 0.25) is 0 Å². The van der Waals surface area contributed by atoms with Crippen LogP contribution in [0.3, 0.4) is 0 Å². The highest BCUT2D eigenvalue weighted by atomic mass is 127. The summed E-state index contributed by atoms with van der Waals surface area (Å²) in [6.45, 7) is 3.86. The highest BCUT2D eigenvalue weighted by molar-refractivity contribution is 14.0. The van der Waals surface area contributed by atoms with Gasteiger partial charge in [0.25, 0.3) is 0 Å². The van der Waals surface area contributed by atoms with E-state index in [1.807, 2.05) is 12.1 Å². The van der Waals surface area contributed by atoms with Crippen LogP contribution in [0.1, 0.15) is 12.0 Å². The molecule has 2 aromatic rings. The zero-order valence-corrected chi connectivity index (χ0v) is 18.0. The van der Waals surface area contributed by atoms with Crippen LogP contribution in [0.5, 0.6) is 0 Å². The van der Waals surface area contributed by atoms with E-state index >= 15 is 0 Å². The van der Waals surface area contributed by atoms with Gasteiger partial charge in [0.05, 0.1) is 0 Å². The van der Waals surface area contributed by atoms with Gasteiger partial charge >= 0.3 is 0 Å². The van der Waals surface area contributed by atoms with Gasteiger partial charge in [0.1, 0.15) is 5.82 Å². The van der Waals surface area contributed by atoms with Gasteiger partial charge in [-0.05, 0) is 48.6 Å². The highest BCUT2D eigenvalue weighted by Gasteiger charge is 2.22. The van der Waals surface area contributed by atoms with Crippen molar-refractivity contribution in [1.29, 1.82) is 0 Å². The Morgan fingerprint density at radius 3 is 2.56 bits per heavy atom. The lowest BCUT2D eigenvalue weighted by molar-refractivity contribution is 0.566. The van der Waals surface area contributed by atoms with Gasteiger partial charge < -0.3 is 15.5 Å². The van der Waals surface area contributed by atoms with Crippen LogP contribution in [-0.4, -0.2) is 39.2 Å². The number of para-hydroxylation sites is 1. The van der Waals surface area contributed by atoms with Crippen LogP contribution in [0.25, 0.3) is 0 Å². The van der Waals surface area contributed by atoms with Gasteiger partial charge in [-0.3, -0.25) is 4.99 Å². The normalized spacial score (nSPS) is 16.7. The number of benzene rings is 2. The molecule has 0 aliphatic carbocycles. The maximum Gasteiger partial charge on any atom is 0.190 e. The fourth-order valence-corrected chi connectivity index (χ4v) is 3.31. The largest absolute Gasteiger partial charge is 0.371 e. The molecular weight excluding hydrogens is 454 g/mol. The van der Waals surface area contributed by atoms with Gasteiger partial charge in [-0.15, -0.1) is 24.0 Å². The molecule has 4 nitrogen and oxygen atoms in total. The van der Waals surface area contributed by atoms with E-state index in [4.69, 9.17) is 0 Å². The number of rotatable bonds is 6. The summed E-state index contributed by atoms with van der Waals surface area (Å²) in [5.74, 6) is 1.25. The number of nitrogens with one attached hydrogen (secondary N) is 2. The molecule has 1 heterocycles. The standard InChI is InChI=1S/C21H27FN4.HI/c1-23-21(24-13-11-17-7-9-19(22)10-8-17)25-15-18-12-14-26(16-18)20-5-3-2-4-6-20;/h2-10,18H,11-16H2,1H3,(H2,23,24,25);1H. The molecule has 1 atom stereocenters. The zero-order valence-electron chi connectivity index (χ0n) is 15.7. The summed E-state index contributed by atoms with van der Waals surface area (Å²) in [6.07, 6.45) is 2.03. The molecule has 0 radical (unpaired) electrons. The maximum absolute atomic E-state index is 12.9. The van der Waals surface area contributed by atoms with Crippen molar-refractivity contribution in [2.24, 2.45) is 10.9 Å². The molecule has 0 bridgehead atoms. The fourth-order valence-electron chi connectivity index (χ4n) is 3.31. The van der Waals surface area contributed by atoms with Crippen molar-refractivity contribution in [2.75, 3.05) is 38.1 Å². The van der Waals surface area contributed by atoms with E-state index in [1.165, 1.54) is 24.2 Å². The first-order valence-electron chi connectivity index (χ1n) is 9.23. The summed E-state index contributed by atoms with van der Waals surface area (Å²) >= 11 is 0. The summed E-state index contributed by atoms with van der Waals surface area (Å²) in [7, 11) is 1.79. The summed E-state index contributed by atoms with van der Waals surface area (Å²) in [6, 6.07) is 17.2. The molecule has 146 valence electrons. The molecule has 1 aliphatic rings. The Balaban J connectivity index is 0.00000261. The Morgan fingerprint density at radius 1 is 1.11 bits per heavy atom. The van der Waals surface area contributed by atoms with E-state index < -0.39 is 0 Å². The van der Waals surface area contributed by atoms with E-state index in [0.29, 0.717) is 5.92 Å². The van der Waals surface area contributed by atoms with Crippen LogP contribution in [-0.2, 0) is 6.42 Å². The number of anilines is 1. The van der Waals surface area contributed by atoms with Crippen LogP contribution in [0.15, 0.2) is 59.6 Å². The first kappa shape index (κ1) is 21.5. The van der Waals surface area contributed by atoms with Gasteiger partial charge in [-0.25, -0.2) is 4.39 Å². The van der Waals surface area contributed by atoms with Crippen molar-refractivity contribution in [3.63, 3.8) is 0 Å². The van der Waals surface area contributed by atoms with Crippen LogP contribution >= 0.6 is 24.0 Å². The lowest BCUT2D eigenvalue weighted by Gasteiger charge is -2.19. The van der Waals surface area contributed by atoms with E-state index in [0.717, 1.165) is 44.1 Å². The third kappa shape index (κ3) is 6.68. The molecule has 2 N–H and O–H groups in total. The summed E-state index contributed by atoms with van der Waals surface area (Å²) in [5, 5.41) is 6.76. The van der Waals surface area contributed by atoms with Gasteiger partial charge in [0.2, 0.25) is 0 Å². The van der Waals surface area contributed by atoms with Crippen molar-refractivity contribution in [2.45, 2.75) is 12.8 Å². The molecule has 1 fully saturated rings. The fraction of sp³-hybridized carbons (Fsp3) is 0.381. The van der Waals surface area contributed by atoms with Gasteiger partial charge in [-0.2, -0.15) is 0 Å². The van der Waals surface area contributed by atoms with E-state index in [-0.39, 0.29) is 29.8 Å². The Hall–Kier alpha value is -1.83. The Morgan fingerprint density at radius 2 is 1.85 bits per heavy atom. The van der Waals surface area contributed by atoms with Crippen LogP contribution < -0.4 is 15.5 Å². The summed E-state index contributed by atoms with van der Waals surface area (Å²) in [4.78, 5) is 6.73. The molecule has 2 aromatic carbocycles. The lowest BCUT2D eigenvalue weighted by atomic mass is 10.1. The third-order valence-electron chi connectivity index (χ3n) is 4.81. The monoisotopic (exact) mass is 482 g/mol. The number of aliphatic imine (C=N–C) groups is 1. The molecule has 3 rings (SSSR count). The molecule has 1 aliphatic heterocycles. The molecule has 1 unspecified atom stereocenters. The Labute approximate surface area is 178 Å². The van der Waals surface area contributed by atoms with Gasteiger partial charge in [0.15, 0.2) is 5.96 Å². The molecule has 6 heteroatoms.